The summed E-state index contributed by atoms with van der Waals surface area (Å²) in [4.78, 5) is 12.6. The lowest BCUT2D eigenvalue weighted by Crippen LogP contribution is -2.28. The summed E-state index contributed by atoms with van der Waals surface area (Å²) in [7, 11) is -2.05. The molecular formula is C20H21ClN4O4S. The van der Waals surface area contributed by atoms with Crippen molar-refractivity contribution in [1.29, 1.82) is 0 Å². The van der Waals surface area contributed by atoms with Crippen LogP contribution in [0.2, 0.25) is 5.02 Å². The van der Waals surface area contributed by atoms with Gasteiger partial charge in [-0.2, -0.15) is 0 Å². The van der Waals surface area contributed by atoms with E-state index in [-0.39, 0.29) is 22.4 Å². The minimum atomic E-state index is -3.59. The van der Waals surface area contributed by atoms with Crippen molar-refractivity contribution < 1.29 is 17.6 Å². The van der Waals surface area contributed by atoms with Gasteiger partial charge in [0.05, 0.1) is 4.90 Å². The largest absolute Gasteiger partial charge is 0.403 e. The van der Waals surface area contributed by atoms with Gasteiger partial charge in [0, 0.05) is 29.7 Å². The molecule has 0 bridgehead atoms. The summed E-state index contributed by atoms with van der Waals surface area (Å²) in [5.74, 6) is -0.288. The van der Waals surface area contributed by atoms with E-state index in [1.807, 2.05) is 6.92 Å². The molecule has 8 nitrogen and oxygen atoms in total. The molecule has 10 heteroatoms. The van der Waals surface area contributed by atoms with E-state index in [9.17, 15) is 13.2 Å². The van der Waals surface area contributed by atoms with E-state index in [4.69, 9.17) is 16.0 Å². The second-order valence-corrected chi connectivity index (χ2v) is 9.06. The number of rotatable bonds is 8. The zero-order valence-corrected chi connectivity index (χ0v) is 18.1. The Morgan fingerprint density at radius 3 is 2.57 bits per heavy atom. The summed E-state index contributed by atoms with van der Waals surface area (Å²) in [6.45, 7) is 2.43. The molecule has 158 valence electrons. The summed E-state index contributed by atoms with van der Waals surface area (Å²) >= 11 is 5.95. The van der Waals surface area contributed by atoms with E-state index >= 15 is 0 Å². The van der Waals surface area contributed by atoms with Gasteiger partial charge in [0.15, 0.2) is 0 Å². The van der Waals surface area contributed by atoms with Crippen LogP contribution in [0.25, 0.3) is 11.5 Å². The Morgan fingerprint density at radius 2 is 1.90 bits per heavy atom. The van der Waals surface area contributed by atoms with Gasteiger partial charge in [-0.25, -0.2) is 12.7 Å². The lowest BCUT2D eigenvalue weighted by atomic mass is 10.2. The van der Waals surface area contributed by atoms with Gasteiger partial charge in [0.1, 0.15) is 0 Å². The molecule has 2 aromatic carbocycles. The summed E-state index contributed by atoms with van der Waals surface area (Å²) < 4.78 is 31.9. The Balaban J connectivity index is 1.70. The number of hydrogen-bond donors (Lipinski definition) is 1. The van der Waals surface area contributed by atoms with E-state index in [0.717, 1.165) is 12.8 Å². The number of amides is 1. The van der Waals surface area contributed by atoms with Crippen molar-refractivity contribution in [2.75, 3.05) is 18.9 Å². The number of benzene rings is 2. The first kappa shape index (κ1) is 21.9. The monoisotopic (exact) mass is 448 g/mol. The number of nitrogens with zero attached hydrogens (tertiary/aromatic N) is 3. The molecule has 3 aromatic rings. The van der Waals surface area contributed by atoms with Gasteiger partial charge in [0.2, 0.25) is 15.9 Å². The van der Waals surface area contributed by atoms with Gasteiger partial charge in [-0.1, -0.05) is 36.1 Å². The van der Waals surface area contributed by atoms with E-state index in [2.05, 4.69) is 15.5 Å². The van der Waals surface area contributed by atoms with Crippen molar-refractivity contribution in [2.45, 2.75) is 24.7 Å². The molecule has 30 heavy (non-hydrogen) atoms. The van der Waals surface area contributed by atoms with Crippen LogP contribution in [0, 0.1) is 0 Å². The minimum Gasteiger partial charge on any atom is -0.403 e. The highest BCUT2D eigenvalue weighted by atomic mass is 35.5. The zero-order valence-electron chi connectivity index (χ0n) is 16.5. The predicted octanol–water partition coefficient (Wildman–Crippen LogP) is 4.06. The summed E-state index contributed by atoms with van der Waals surface area (Å²) in [6, 6.07) is 12.5. The van der Waals surface area contributed by atoms with Crippen molar-refractivity contribution in [2.24, 2.45) is 0 Å². The van der Waals surface area contributed by atoms with Crippen LogP contribution < -0.4 is 5.32 Å². The van der Waals surface area contributed by atoms with Crippen LogP contribution in [0.3, 0.4) is 0 Å². The van der Waals surface area contributed by atoms with Crippen molar-refractivity contribution in [3.8, 4) is 11.5 Å². The topological polar surface area (TPSA) is 105 Å². The van der Waals surface area contributed by atoms with Crippen molar-refractivity contribution in [3.05, 3.63) is 59.1 Å². The molecule has 0 radical (unpaired) electrons. The Bertz CT molecular complexity index is 1130. The molecule has 3 rings (SSSR count). The number of halogens is 1. The number of carbonyl (C=O) groups excluding carboxylic acids is 1. The number of carbonyl (C=O) groups is 1. The molecule has 0 aliphatic carbocycles. The average molecular weight is 449 g/mol. The van der Waals surface area contributed by atoms with Gasteiger partial charge in [-0.05, 0) is 48.9 Å². The number of unbranched alkanes of at least 4 members (excludes halogenated alkanes) is 1. The SMILES string of the molecule is CCCCN(C)S(=O)(=O)c1ccc(C(=O)Nc2nnc(-c3cccc(Cl)c3)o2)cc1. The van der Waals surface area contributed by atoms with Crippen molar-refractivity contribution >= 4 is 33.5 Å². The molecule has 0 aliphatic rings. The number of hydrogen-bond acceptors (Lipinski definition) is 6. The lowest BCUT2D eigenvalue weighted by molar-refractivity contribution is 0.102. The number of aromatic nitrogens is 2. The predicted molar refractivity (Wildman–Crippen MR) is 114 cm³/mol. The van der Waals surface area contributed by atoms with Gasteiger partial charge in [-0.15, -0.1) is 5.10 Å². The maximum atomic E-state index is 12.6. The van der Waals surface area contributed by atoms with E-state index in [1.54, 1.807) is 31.3 Å². The molecule has 0 spiro atoms. The number of nitrogens with one attached hydrogen (secondary N) is 1. The summed E-state index contributed by atoms with van der Waals surface area (Å²) in [5.41, 5.74) is 0.880. The molecule has 0 unspecified atom stereocenters. The minimum absolute atomic E-state index is 0.0778. The van der Waals surface area contributed by atoms with Crippen LogP contribution in [0.5, 0.6) is 0 Å². The zero-order chi connectivity index (χ0) is 21.7. The van der Waals surface area contributed by atoms with Gasteiger partial charge >= 0.3 is 6.01 Å². The second kappa shape index (κ2) is 9.38. The highest BCUT2D eigenvalue weighted by molar-refractivity contribution is 7.89. The first-order valence-electron chi connectivity index (χ1n) is 9.28. The Kier molecular flexibility index (Phi) is 6.86. The molecule has 0 atom stereocenters. The van der Waals surface area contributed by atoms with Gasteiger partial charge < -0.3 is 4.42 Å². The van der Waals surface area contributed by atoms with E-state index in [1.165, 1.54) is 28.6 Å². The molecule has 0 saturated heterocycles. The highest BCUT2D eigenvalue weighted by Crippen LogP contribution is 2.23. The van der Waals surface area contributed by atoms with Crippen LogP contribution in [-0.4, -0.2) is 42.4 Å². The van der Waals surface area contributed by atoms with E-state index < -0.39 is 15.9 Å². The van der Waals surface area contributed by atoms with Gasteiger partial charge in [-0.3, -0.25) is 10.1 Å². The summed E-state index contributed by atoms with van der Waals surface area (Å²) in [6.07, 6.45) is 1.67. The molecule has 0 aliphatic heterocycles. The third kappa shape index (κ3) is 5.05. The normalized spacial score (nSPS) is 11.6. The number of sulfonamides is 1. The second-order valence-electron chi connectivity index (χ2n) is 6.58. The maximum absolute atomic E-state index is 12.6. The third-order valence-electron chi connectivity index (χ3n) is 4.37. The molecule has 1 aromatic heterocycles. The third-order valence-corrected chi connectivity index (χ3v) is 6.47. The molecule has 1 amide bonds. The fraction of sp³-hybridized carbons (Fsp3) is 0.250. The Hall–Kier alpha value is -2.75. The van der Waals surface area contributed by atoms with Crippen LogP contribution in [0.1, 0.15) is 30.1 Å². The lowest BCUT2D eigenvalue weighted by Gasteiger charge is -2.16. The van der Waals surface area contributed by atoms with E-state index in [0.29, 0.717) is 17.1 Å². The summed E-state index contributed by atoms with van der Waals surface area (Å²) in [5, 5.41) is 10.7. The number of anilines is 1. The maximum Gasteiger partial charge on any atom is 0.322 e. The first-order valence-corrected chi connectivity index (χ1v) is 11.1. The average Bonchev–Trinajstić information content (AvgIpc) is 3.20. The highest BCUT2D eigenvalue weighted by Gasteiger charge is 2.21. The van der Waals surface area contributed by atoms with Crippen LogP contribution in [0.4, 0.5) is 6.01 Å². The molecule has 0 fully saturated rings. The fourth-order valence-electron chi connectivity index (χ4n) is 2.64. The quantitative estimate of drug-likeness (QED) is 0.557. The van der Waals surface area contributed by atoms with Crippen molar-refractivity contribution in [3.63, 3.8) is 0 Å². The Labute approximate surface area is 179 Å². The van der Waals surface area contributed by atoms with Crippen LogP contribution in [0.15, 0.2) is 57.8 Å². The molecular weight excluding hydrogens is 428 g/mol. The molecule has 1 heterocycles. The Morgan fingerprint density at radius 1 is 1.17 bits per heavy atom. The fourth-order valence-corrected chi connectivity index (χ4v) is 4.04. The van der Waals surface area contributed by atoms with Crippen molar-refractivity contribution in [1.82, 2.24) is 14.5 Å². The first-order chi connectivity index (χ1) is 14.3. The van der Waals surface area contributed by atoms with Gasteiger partial charge in [0.25, 0.3) is 5.91 Å². The molecule has 0 saturated carbocycles. The van der Waals surface area contributed by atoms with Crippen LogP contribution >= 0.6 is 11.6 Å². The standard InChI is InChI=1S/C20H21ClN4O4S/c1-3-4-12-25(2)30(27,28)17-10-8-14(9-11-17)18(26)22-20-24-23-19(29-20)15-6-5-7-16(21)13-15/h5-11,13H,3-4,12H2,1-2H3,(H,22,24,26). The smallest absolute Gasteiger partial charge is 0.322 e. The molecule has 1 N–H and O–H groups in total. The van der Waals surface area contributed by atoms with Crippen LogP contribution in [-0.2, 0) is 10.0 Å².